The monoisotopic (exact) mass is 213 g/mol. The molecule has 2 aromatic rings. The van der Waals surface area contributed by atoms with E-state index < -0.39 is 0 Å². The van der Waals surface area contributed by atoms with Gasteiger partial charge in [0.15, 0.2) is 5.88 Å². The van der Waals surface area contributed by atoms with Gasteiger partial charge in [-0.3, -0.25) is 5.10 Å². The molecule has 0 saturated carbocycles. The highest BCUT2D eigenvalue weighted by molar-refractivity contribution is 5.47. The molecule has 4 heteroatoms. The number of rotatable bonds is 1. The van der Waals surface area contributed by atoms with Crippen LogP contribution in [0.4, 0.5) is 0 Å². The molecule has 1 aliphatic heterocycles. The Kier molecular flexibility index (Phi) is 1.93. The Hall–Kier alpha value is -2.23. The van der Waals surface area contributed by atoms with Crippen LogP contribution in [0.1, 0.15) is 17.0 Å². The lowest BCUT2D eigenvalue weighted by Gasteiger charge is -2.22. The molecule has 0 aliphatic carbocycles. The molecule has 2 heterocycles. The predicted octanol–water partition coefficient (Wildman–Crippen LogP) is 1.73. The summed E-state index contributed by atoms with van der Waals surface area (Å²) in [7, 11) is 0. The minimum absolute atomic E-state index is 0.115. The highest BCUT2D eigenvalue weighted by Crippen LogP contribution is 2.36. The van der Waals surface area contributed by atoms with Crippen molar-refractivity contribution in [3.05, 3.63) is 59.7 Å². The average molecular weight is 213 g/mol. The number of para-hydroxylation sites is 1. The number of H-pyrrole nitrogens is 1. The first-order valence-electron chi connectivity index (χ1n) is 5.07. The second-order valence-corrected chi connectivity index (χ2v) is 3.72. The minimum atomic E-state index is 0.115. The number of aromatic amines is 1. The summed E-state index contributed by atoms with van der Waals surface area (Å²) in [5.41, 5.74) is 7.95. The van der Waals surface area contributed by atoms with E-state index in [2.05, 4.69) is 10.2 Å². The first-order valence-corrected chi connectivity index (χ1v) is 5.07. The molecule has 1 aromatic heterocycles. The van der Waals surface area contributed by atoms with Gasteiger partial charge in [0.25, 0.3) is 0 Å². The number of nitrogens with one attached hydrogen (secondary N) is 1. The van der Waals surface area contributed by atoms with Gasteiger partial charge in [0.1, 0.15) is 5.75 Å². The second-order valence-electron chi connectivity index (χ2n) is 3.72. The van der Waals surface area contributed by atoms with Crippen LogP contribution in [0.2, 0.25) is 0 Å². The molecule has 0 bridgehead atoms. The topological polar surface area (TPSA) is 63.9 Å². The van der Waals surface area contributed by atoms with Crippen molar-refractivity contribution in [3.8, 4) is 5.75 Å². The van der Waals surface area contributed by atoms with Crippen molar-refractivity contribution in [3.63, 3.8) is 0 Å². The average Bonchev–Trinajstić information content (AvgIpc) is 2.81. The highest BCUT2D eigenvalue weighted by Gasteiger charge is 2.22. The largest absolute Gasteiger partial charge is 0.442 e. The summed E-state index contributed by atoms with van der Waals surface area (Å²) in [5, 5.41) is 6.77. The second kappa shape index (κ2) is 3.41. The molecular weight excluding hydrogens is 202 g/mol. The van der Waals surface area contributed by atoms with Crippen molar-refractivity contribution < 1.29 is 4.74 Å². The number of hydrogen-bond donors (Lipinski definition) is 2. The van der Waals surface area contributed by atoms with Crippen molar-refractivity contribution >= 4 is 0 Å². The van der Waals surface area contributed by atoms with E-state index in [1.165, 1.54) is 0 Å². The van der Waals surface area contributed by atoms with Gasteiger partial charge < -0.3 is 10.5 Å². The SMILES string of the molecule is NC1=CC(c2cn[nH]c2)c2ccccc2O1. The number of fused-ring (bicyclic) bond motifs is 1. The van der Waals surface area contributed by atoms with Gasteiger partial charge in [-0.25, -0.2) is 0 Å². The molecule has 1 unspecified atom stereocenters. The van der Waals surface area contributed by atoms with Crippen LogP contribution in [0.25, 0.3) is 0 Å². The van der Waals surface area contributed by atoms with Crippen LogP contribution in [0.3, 0.4) is 0 Å². The Morgan fingerprint density at radius 2 is 2.19 bits per heavy atom. The van der Waals surface area contributed by atoms with E-state index in [0.717, 1.165) is 16.9 Å². The Morgan fingerprint density at radius 1 is 1.31 bits per heavy atom. The maximum atomic E-state index is 5.75. The maximum absolute atomic E-state index is 5.75. The Balaban J connectivity index is 2.13. The van der Waals surface area contributed by atoms with Crippen molar-refractivity contribution in [2.24, 2.45) is 5.73 Å². The van der Waals surface area contributed by atoms with Crippen LogP contribution >= 0.6 is 0 Å². The maximum Gasteiger partial charge on any atom is 0.187 e. The van der Waals surface area contributed by atoms with E-state index in [9.17, 15) is 0 Å². The molecule has 80 valence electrons. The van der Waals surface area contributed by atoms with Gasteiger partial charge in [-0.2, -0.15) is 5.10 Å². The molecule has 0 fully saturated rings. The van der Waals surface area contributed by atoms with Crippen LogP contribution in [0.5, 0.6) is 5.75 Å². The molecule has 0 amide bonds. The zero-order chi connectivity index (χ0) is 11.0. The molecule has 16 heavy (non-hydrogen) atoms. The minimum Gasteiger partial charge on any atom is -0.442 e. The number of nitrogens with zero attached hydrogens (tertiary/aromatic N) is 1. The summed E-state index contributed by atoms with van der Waals surface area (Å²) in [6.07, 6.45) is 5.57. The fourth-order valence-corrected chi connectivity index (χ4v) is 1.95. The zero-order valence-corrected chi connectivity index (χ0v) is 8.55. The first kappa shape index (κ1) is 9.03. The summed E-state index contributed by atoms with van der Waals surface area (Å²) < 4.78 is 5.47. The molecule has 1 aliphatic rings. The van der Waals surface area contributed by atoms with Gasteiger partial charge >= 0.3 is 0 Å². The number of allylic oxidation sites excluding steroid dienone is 1. The van der Waals surface area contributed by atoms with Crippen LogP contribution in [0, 0.1) is 0 Å². The lowest BCUT2D eigenvalue weighted by molar-refractivity contribution is 0.399. The fraction of sp³-hybridized carbons (Fsp3) is 0.0833. The molecule has 3 rings (SSSR count). The zero-order valence-electron chi connectivity index (χ0n) is 8.55. The normalized spacial score (nSPS) is 18.5. The molecule has 0 spiro atoms. The number of nitrogens with two attached hydrogens (primary N) is 1. The highest BCUT2D eigenvalue weighted by atomic mass is 16.5. The van der Waals surface area contributed by atoms with Gasteiger partial charge in [0.05, 0.1) is 6.20 Å². The van der Waals surface area contributed by atoms with Gasteiger partial charge in [-0.1, -0.05) is 18.2 Å². The lowest BCUT2D eigenvalue weighted by Crippen LogP contribution is -2.15. The van der Waals surface area contributed by atoms with E-state index in [0.29, 0.717) is 5.88 Å². The Labute approximate surface area is 92.7 Å². The smallest absolute Gasteiger partial charge is 0.187 e. The molecule has 4 nitrogen and oxygen atoms in total. The van der Waals surface area contributed by atoms with Gasteiger partial charge in [0, 0.05) is 23.2 Å². The first-order chi connectivity index (χ1) is 7.84. The molecule has 1 aromatic carbocycles. The third-order valence-corrected chi connectivity index (χ3v) is 2.69. The van der Waals surface area contributed by atoms with E-state index in [-0.39, 0.29) is 5.92 Å². The van der Waals surface area contributed by atoms with Crippen molar-refractivity contribution in [1.82, 2.24) is 10.2 Å². The van der Waals surface area contributed by atoms with E-state index in [4.69, 9.17) is 10.5 Å². The van der Waals surface area contributed by atoms with Crippen LogP contribution < -0.4 is 10.5 Å². The number of ether oxygens (including phenoxy) is 1. The molecule has 3 N–H and O–H groups in total. The van der Waals surface area contributed by atoms with E-state index >= 15 is 0 Å². The third-order valence-electron chi connectivity index (χ3n) is 2.69. The van der Waals surface area contributed by atoms with Gasteiger partial charge in [0.2, 0.25) is 0 Å². The molecule has 0 radical (unpaired) electrons. The fourth-order valence-electron chi connectivity index (χ4n) is 1.95. The van der Waals surface area contributed by atoms with Crippen LogP contribution in [-0.4, -0.2) is 10.2 Å². The molecule has 1 atom stereocenters. The third kappa shape index (κ3) is 1.35. The van der Waals surface area contributed by atoms with Gasteiger partial charge in [-0.05, 0) is 12.1 Å². The summed E-state index contributed by atoms with van der Waals surface area (Å²) in [6.45, 7) is 0. The van der Waals surface area contributed by atoms with Crippen LogP contribution in [0.15, 0.2) is 48.6 Å². The van der Waals surface area contributed by atoms with Crippen molar-refractivity contribution in [2.45, 2.75) is 5.92 Å². The van der Waals surface area contributed by atoms with Crippen molar-refractivity contribution in [1.29, 1.82) is 0 Å². The summed E-state index contributed by atoms with van der Waals surface area (Å²) in [6, 6.07) is 7.88. The molecule has 0 saturated heterocycles. The summed E-state index contributed by atoms with van der Waals surface area (Å²) >= 11 is 0. The Morgan fingerprint density at radius 3 is 3.00 bits per heavy atom. The number of aromatic nitrogens is 2. The van der Waals surface area contributed by atoms with E-state index in [1.54, 1.807) is 6.20 Å². The summed E-state index contributed by atoms with van der Waals surface area (Å²) in [4.78, 5) is 0. The Bertz CT molecular complexity index is 531. The lowest BCUT2D eigenvalue weighted by atomic mass is 9.91. The van der Waals surface area contributed by atoms with E-state index in [1.807, 2.05) is 36.5 Å². The summed E-state index contributed by atoms with van der Waals surface area (Å²) in [5.74, 6) is 1.36. The standard InChI is InChI=1S/C12H11N3O/c13-12-5-10(8-6-14-15-7-8)9-3-1-2-4-11(9)16-12/h1-7,10H,13H2,(H,14,15). The number of hydrogen-bond acceptors (Lipinski definition) is 3. The van der Waals surface area contributed by atoms with Crippen molar-refractivity contribution in [2.75, 3.05) is 0 Å². The van der Waals surface area contributed by atoms with Crippen LogP contribution in [-0.2, 0) is 0 Å². The quantitative estimate of drug-likeness (QED) is 0.758. The number of benzene rings is 1. The molecular formula is C12H11N3O. The predicted molar refractivity (Wildman–Crippen MR) is 59.8 cm³/mol. The van der Waals surface area contributed by atoms with Gasteiger partial charge in [-0.15, -0.1) is 0 Å².